The monoisotopic (exact) mass is 282 g/mol. The lowest BCUT2D eigenvalue weighted by molar-refractivity contribution is -0.135. The normalized spacial score (nSPS) is 10.1. The molecular formula is C17H18N2O2. The predicted octanol–water partition coefficient (Wildman–Crippen LogP) is 2.59. The lowest BCUT2D eigenvalue weighted by Crippen LogP contribution is -2.31. The van der Waals surface area contributed by atoms with Gasteiger partial charge in [-0.1, -0.05) is 30.3 Å². The fourth-order valence-corrected chi connectivity index (χ4v) is 2.07. The number of ketones is 1. The topological polar surface area (TPSA) is 50.3 Å². The second-order valence-electron chi connectivity index (χ2n) is 4.97. The number of hydrogen-bond donors (Lipinski definition) is 0. The van der Waals surface area contributed by atoms with Gasteiger partial charge in [-0.05, 0) is 30.2 Å². The van der Waals surface area contributed by atoms with Crippen LogP contribution in [0.5, 0.6) is 0 Å². The molecule has 0 saturated heterocycles. The standard InChI is InChI=1S/C17H18N2O2/c1-14(20)11-17(21)19(12-15-5-3-2-4-6-15)13-16-7-9-18-10-8-16/h2-10H,11-13H2,1H3. The third kappa shape index (κ3) is 4.84. The third-order valence-corrected chi connectivity index (χ3v) is 3.09. The minimum Gasteiger partial charge on any atom is -0.334 e. The summed E-state index contributed by atoms with van der Waals surface area (Å²) < 4.78 is 0. The molecule has 0 atom stereocenters. The van der Waals surface area contributed by atoms with Gasteiger partial charge >= 0.3 is 0 Å². The summed E-state index contributed by atoms with van der Waals surface area (Å²) in [7, 11) is 0. The molecule has 1 amide bonds. The third-order valence-electron chi connectivity index (χ3n) is 3.09. The summed E-state index contributed by atoms with van der Waals surface area (Å²) in [6, 6.07) is 13.5. The summed E-state index contributed by atoms with van der Waals surface area (Å²) in [5.41, 5.74) is 2.04. The van der Waals surface area contributed by atoms with Crippen molar-refractivity contribution in [1.82, 2.24) is 9.88 Å². The van der Waals surface area contributed by atoms with E-state index in [-0.39, 0.29) is 18.1 Å². The van der Waals surface area contributed by atoms with Crippen molar-refractivity contribution in [2.75, 3.05) is 0 Å². The largest absolute Gasteiger partial charge is 0.334 e. The molecule has 0 spiro atoms. The van der Waals surface area contributed by atoms with Crippen LogP contribution in [-0.4, -0.2) is 21.6 Å². The van der Waals surface area contributed by atoms with Crippen LogP contribution >= 0.6 is 0 Å². The molecule has 108 valence electrons. The minimum absolute atomic E-state index is 0.0576. The van der Waals surface area contributed by atoms with Crippen molar-refractivity contribution < 1.29 is 9.59 Å². The van der Waals surface area contributed by atoms with Gasteiger partial charge in [-0.3, -0.25) is 14.6 Å². The number of aromatic nitrogens is 1. The van der Waals surface area contributed by atoms with Crippen LogP contribution in [0.15, 0.2) is 54.9 Å². The Morgan fingerprint density at radius 3 is 2.10 bits per heavy atom. The summed E-state index contributed by atoms with van der Waals surface area (Å²) in [5.74, 6) is -0.268. The van der Waals surface area contributed by atoms with Crippen molar-refractivity contribution in [1.29, 1.82) is 0 Å². The summed E-state index contributed by atoms with van der Waals surface area (Å²) in [6.45, 7) is 2.41. The van der Waals surface area contributed by atoms with E-state index in [1.54, 1.807) is 17.3 Å². The van der Waals surface area contributed by atoms with E-state index < -0.39 is 0 Å². The Balaban J connectivity index is 2.13. The maximum absolute atomic E-state index is 12.3. The number of Topliss-reactive ketones (excluding diaryl/α,β-unsaturated/α-hetero) is 1. The van der Waals surface area contributed by atoms with E-state index in [1.807, 2.05) is 42.5 Å². The average molecular weight is 282 g/mol. The number of carbonyl (C=O) groups is 2. The molecule has 4 nitrogen and oxygen atoms in total. The molecule has 0 aliphatic carbocycles. The van der Waals surface area contributed by atoms with Crippen molar-refractivity contribution in [2.45, 2.75) is 26.4 Å². The van der Waals surface area contributed by atoms with Gasteiger partial charge in [0.05, 0.1) is 6.42 Å². The number of amides is 1. The fourth-order valence-electron chi connectivity index (χ4n) is 2.07. The van der Waals surface area contributed by atoms with E-state index in [1.165, 1.54) is 6.92 Å². The molecule has 4 heteroatoms. The van der Waals surface area contributed by atoms with Crippen LogP contribution in [0.1, 0.15) is 24.5 Å². The van der Waals surface area contributed by atoms with Crippen LogP contribution in [0.25, 0.3) is 0 Å². The van der Waals surface area contributed by atoms with Crippen LogP contribution in [-0.2, 0) is 22.7 Å². The number of nitrogens with zero attached hydrogens (tertiary/aromatic N) is 2. The Labute approximate surface area is 124 Å². The molecule has 0 bridgehead atoms. The second kappa shape index (κ2) is 7.33. The van der Waals surface area contributed by atoms with E-state index >= 15 is 0 Å². The molecule has 2 rings (SSSR count). The van der Waals surface area contributed by atoms with Crippen LogP contribution in [0.3, 0.4) is 0 Å². The van der Waals surface area contributed by atoms with Gasteiger partial charge in [0.15, 0.2) is 0 Å². The molecule has 1 aromatic heterocycles. The quantitative estimate of drug-likeness (QED) is 0.765. The van der Waals surface area contributed by atoms with Gasteiger partial charge in [-0.2, -0.15) is 0 Å². The first-order chi connectivity index (χ1) is 10.1. The summed E-state index contributed by atoms with van der Waals surface area (Å²) in [6.07, 6.45) is 3.34. The molecule has 0 saturated carbocycles. The first-order valence-electron chi connectivity index (χ1n) is 6.85. The zero-order chi connectivity index (χ0) is 15.1. The molecule has 2 aromatic rings. The van der Waals surface area contributed by atoms with E-state index in [4.69, 9.17) is 0 Å². The maximum Gasteiger partial charge on any atom is 0.230 e. The molecule has 1 aromatic carbocycles. The lowest BCUT2D eigenvalue weighted by atomic mass is 10.1. The van der Waals surface area contributed by atoms with E-state index in [9.17, 15) is 9.59 Å². The van der Waals surface area contributed by atoms with Crippen LogP contribution in [0.2, 0.25) is 0 Å². The SMILES string of the molecule is CC(=O)CC(=O)N(Cc1ccccc1)Cc1ccncc1. The predicted molar refractivity (Wildman–Crippen MR) is 80.2 cm³/mol. The van der Waals surface area contributed by atoms with Gasteiger partial charge in [-0.15, -0.1) is 0 Å². The van der Waals surface area contributed by atoms with E-state index in [2.05, 4.69) is 4.98 Å². The van der Waals surface area contributed by atoms with Crippen LogP contribution < -0.4 is 0 Å². The Morgan fingerprint density at radius 1 is 0.952 bits per heavy atom. The Hall–Kier alpha value is -2.49. The Kier molecular flexibility index (Phi) is 5.21. The van der Waals surface area contributed by atoms with E-state index in [0.29, 0.717) is 13.1 Å². The molecule has 0 radical (unpaired) electrons. The summed E-state index contributed by atoms with van der Waals surface area (Å²) in [4.78, 5) is 29.1. The first-order valence-corrected chi connectivity index (χ1v) is 6.85. The molecule has 0 N–H and O–H groups in total. The molecule has 0 fully saturated rings. The summed E-state index contributed by atoms with van der Waals surface area (Å²) >= 11 is 0. The van der Waals surface area contributed by atoms with Crippen molar-refractivity contribution in [3.05, 3.63) is 66.0 Å². The highest BCUT2D eigenvalue weighted by Gasteiger charge is 2.16. The van der Waals surface area contributed by atoms with Crippen molar-refractivity contribution in [2.24, 2.45) is 0 Å². The Bertz CT molecular complexity index is 555. The van der Waals surface area contributed by atoms with Gasteiger partial charge in [0.25, 0.3) is 0 Å². The molecule has 0 aliphatic heterocycles. The number of rotatable bonds is 6. The van der Waals surface area contributed by atoms with Gasteiger partial charge < -0.3 is 4.90 Å². The van der Waals surface area contributed by atoms with Gasteiger partial charge in [0.1, 0.15) is 5.78 Å². The summed E-state index contributed by atoms with van der Waals surface area (Å²) in [5, 5.41) is 0. The highest BCUT2D eigenvalue weighted by atomic mass is 16.2. The van der Waals surface area contributed by atoms with Gasteiger partial charge in [0, 0.05) is 25.5 Å². The minimum atomic E-state index is -0.150. The first kappa shape index (κ1) is 14.9. The molecule has 21 heavy (non-hydrogen) atoms. The average Bonchev–Trinajstić information content (AvgIpc) is 2.48. The Morgan fingerprint density at radius 2 is 1.52 bits per heavy atom. The second-order valence-corrected chi connectivity index (χ2v) is 4.97. The molecule has 0 unspecified atom stereocenters. The van der Waals surface area contributed by atoms with Crippen LogP contribution in [0.4, 0.5) is 0 Å². The number of pyridine rings is 1. The van der Waals surface area contributed by atoms with Crippen molar-refractivity contribution in [3.63, 3.8) is 0 Å². The van der Waals surface area contributed by atoms with Crippen molar-refractivity contribution in [3.8, 4) is 0 Å². The van der Waals surface area contributed by atoms with Crippen LogP contribution in [0, 0.1) is 0 Å². The van der Waals surface area contributed by atoms with Gasteiger partial charge in [0.2, 0.25) is 5.91 Å². The van der Waals surface area contributed by atoms with Gasteiger partial charge in [-0.25, -0.2) is 0 Å². The van der Waals surface area contributed by atoms with Crippen molar-refractivity contribution >= 4 is 11.7 Å². The number of benzene rings is 1. The molecule has 1 heterocycles. The highest BCUT2D eigenvalue weighted by Crippen LogP contribution is 2.11. The van der Waals surface area contributed by atoms with E-state index in [0.717, 1.165) is 11.1 Å². The lowest BCUT2D eigenvalue weighted by Gasteiger charge is -2.22. The zero-order valence-corrected chi connectivity index (χ0v) is 12.0. The zero-order valence-electron chi connectivity index (χ0n) is 12.0. The molecule has 0 aliphatic rings. The smallest absolute Gasteiger partial charge is 0.230 e. The number of hydrogen-bond acceptors (Lipinski definition) is 3. The fraction of sp³-hybridized carbons (Fsp3) is 0.235. The maximum atomic E-state index is 12.3. The molecular weight excluding hydrogens is 264 g/mol. The highest BCUT2D eigenvalue weighted by molar-refractivity contribution is 5.96. The number of carbonyl (C=O) groups excluding carboxylic acids is 2.